The fourth-order valence-electron chi connectivity index (χ4n) is 12.0. The number of rotatable bonds is 72. The zero-order chi connectivity index (χ0) is 60.6. The van der Waals surface area contributed by atoms with Gasteiger partial charge in [-0.05, 0) is 83.5 Å². The van der Waals surface area contributed by atoms with Crippen molar-refractivity contribution in [2.45, 2.75) is 437 Å². The number of allylic oxidation sites excluding steroid dienone is 5. The van der Waals surface area contributed by atoms with Crippen molar-refractivity contribution < 1.29 is 24.5 Å². The number of carbonyl (C=O) groups is 2. The topological polar surface area (TPSA) is 95.9 Å². The first-order valence-corrected chi connectivity index (χ1v) is 38.3. The molecule has 0 radical (unpaired) electrons. The van der Waals surface area contributed by atoms with Crippen molar-refractivity contribution in [1.82, 2.24) is 5.32 Å². The van der Waals surface area contributed by atoms with Crippen molar-refractivity contribution in [3.05, 3.63) is 36.5 Å². The molecule has 2 unspecified atom stereocenters. The number of nitrogens with one attached hydrogen (secondary N) is 1. The van der Waals surface area contributed by atoms with E-state index in [0.29, 0.717) is 19.4 Å². The van der Waals surface area contributed by atoms with Crippen LogP contribution in [-0.2, 0) is 14.3 Å². The van der Waals surface area contributed by atoms with Crippen LogP contribution in [0.15, 0.2) is 36.5 Å². The Morgan fingerprint density at radius 3 is 0.845 bits per heavy atom. The summed E-state index contributed by atoms with van der Waals surface area (Å²) >= 11 is 0. The first kappa shape index (κ1) is 82.1. The van der Waals surface area contributed by atoms with Gasteiger partial charge in [-0.1, -0.05) is 365 Å². The van der Waals surface area contributed by atoms with Crippen LogP contribution in [-0.4, -0.2) is 47.4 Å². The van der Waals surface area contributed by atoms with Crippen molar-refractivity contribution in [3.8, 4) is 0 Å². The highest BCUT2D eigenvalue weighted by molar-refractivity contribution is 5.76. The Hall–Kier alpha value is -1.92. The SMILES string of the molecule is CCCCCCCC/C=C\CCCCCCCCCC(=O)OCCCCCCCCCCCCCC/C=C\CCCCCCCCCCCCCCCCC(=O)NC(CO)C(O)/C=C/CCCCCCCCCCCCCCCCCCCC. The molecule has 496 valence electrons. The van der Waals surface area contributed by atoms with E-state index in [1.807, 2.05) is 6.08 Å². The highest BCUT2D eigenvalue weighted by Gasteiger charge is 2.18. The third-order valence-electron chi connectivity index (χ3n) is 17.9. The summed E-state index contributed by atoms with van der Waals surface area (Å²) in [5.41, 5.74) is 0. The van der Waals surface area contributed by atoms with Gasteiger partial charge >= 0.3 is 5.97 Å². The van der Waals surface area contributed by atoms with Gasteiger partial charge in [0.25, 0.3) is 0 Å². The standard InChI is InChI=1S/C78H149NO5/c1-3-5-7-9-11-13-15-17-19-21-22-35-39-42-46-50-54-58-62-66-70-76(81)75(74-80)79-77(82)71-67-63-59-55-51-47-43-40-36-33-31-29-27-25-23-24-26-28-30-32-34-37-41-45-49-53-57-61-65-69-73-84-78(83)72-68-64-60-56-52-48-44-38-20-18-16-14-12-10-8-6-4-2/h18,20,24,26,66,70,75-76,80-81H,3-17,19,21-23,25,27-65,67-69,71-74H2,1-2H3,(H,79,82)/b20-18-,26-24-,70-66+. The monoisotopic (exact) mass is 1180 g/mol. The summed E-state index contributed by atoms with van der Waals surface area (Å²) in [6.45, 7) is 4.94. The molecular formula is C78H149NO5. The zero-order valence-electron chi connectivity index (χ0n) is 56.9. The Kier molecular flexibility index (Phi) is 71.9. The molecule has 6 heteroatoms. The van der Waals surface area contributed by atoms with Crippen LogP contribution in [0, 0.1) is 0 Å². The normalized spacial score (nSPS) is 12.7. The van der Waals surface area contributed by atoms with Crippen LogP contribution >= 0.6 is 0 Å². The van der Waals surface area contributed by atoms with Crippen LogP contribution in [0.25, 0.3) is 0 Å². The van der Waals surface area contributed by atoms with E-state index in [1.165, 1.54) is 353 Å². The van der Waals surface area contributed by atoms with Gasteiger partial charge in [0, 0.05) is 12.8 Å². The number of aliphatic hydroxyl groups excluding tert-OH is 2. The van der Waals surface area contributed by atoms with Gasteiger partial charge in [0.2, 0.25) is 5.91 Å². The second-order valence-corrected chi connectivity index (χ2v) is 26.3. The van der Waals surface area contributed by atoms with Gasteiger partial charge in [-0.3, -0.25) is 9.59 Å². The van der Waals surface area contributed by atoms with E-state index in [2.05, 4.69) is 43.5 Å². The van der Waals surface area contributed by atoms with Gasteiger partial charge in [0.15, 0.2) is 0 Å². The lowest BCUT2D eigenvalue weighted by atomic mass is 10.0. The van der Waals surface area contributed by atoms with Crippen LogP contribution in [0.5, 0.6) is 0 Å². The first-order valence-electron chi connectivity index (χ1n) is 38.3. The van der Waals surface area contributed by atoms with Crippen LogP contribution in [0.4, 0.5) is 0 Å². The molecule has 0 heterocycles. The van der Waals surface area contributed by atoms with Crippen molar-refractivity contribution in [1.29, 1.82) is 0 Å². The highest BCUT2D eigenvalue weighted by atomic mass is 16.5. The third kappa shape index (κ3) is 69.2. The Bertz CT molecular complexity index is 1360. The minimum Gasteiger partial charge on any atom is -0.466 e. The number of unbranched alkanes of at least 4 members (excludes halogenated alkanes) is 57. The molecular weight excluding hydrogens is 1030 g/mol. The quantitative estimate of drug-likeness (QED) is 0.0320. The van der Waals surface area contributed by atoms with Crippen LogP contribution in [0.3, 0.4) is 0 Å². The lowest BCUT2D eigenvalue weighted by Crippen LogP contribution is -2.45. The van der Waals surface area contributed by atoms with E-state index >= 15 is 0 Å². The summed E-state index contributed by atoms with van der Waals surface area (Å²) in [5, 5.41) is 23.3. The fourth-order valence-corrected chi connectivity index (χ4v) is 12.0. The lowest BCUT2D eigenvalue weighted by molar-refractivity contribution is -0.143. The Morgan fingerprint density at radius 2 is 0.560 bits per heavy atom. The van der Waals surface area contributed by atoms with Crippen LogP contribution in [0.1, 0.15) is 425 Å². The molecule has 0 saturated carbocycles. The maximum Gasteiger partial charge on any atom is 0.305 e. The molecule has 0 aromatic rings. The summed E-state index contributed by atoms with van der Waals surface area (Å²) in [4.78, 5) is 24.6. The average molecular weight is 1180 g/mol. The summed E-state index contributed by atoms with van der Waals surface area (Å²) < 4.78 is 5.50. The number of esters is 1. The molecule has 0 aliphatic rings. The molecule has 1 amide bonds. The number of ether oxygens (including phenoxy) is 1. The van der Waals surface area contributed by atoms with E-state index in [-0.39, 0.29) is 18.5 Å². The molecule has 0 aromatic heterocycles. The van der Waals surface area contributed by atoms with Gasteiger partial charge < -0.3 is 20.3 Å². The minimum absolute atomic E-state index is 0.0142. The molecule has 0 rings (SSSR count). The number of amides is 1. The molecule has 0 aliphatic heterocycles. The molecule has 0 bridgehead atoms. The van der Waals surface area contributed by atoms with Gasteiger partial charge in [0.05, 0.1) is 25.4 Å². The molecule has 0 fully saturated rings. The van der Waals surface area contributed by atoms with Crippen molar-refractivity contribution >= 4 is 11.9 Å². The molecule has 0 spiro atoms. The number of hydrogen-bond donors (Lipinski definition) is 3. The smallest absolute Gasteiger partial charge is 0.305 e. The van der Waals surface area contributed by atoms with Crippen LogP contribution < -0.4 is 5.32 Å². The van der Waals surface area contributed by atoms with Crippen molar-refractivity contribution in [2.24, 2.45) is 0 Å². The summed E-state index contributed by atoms with van der Waals surface area (Å²) in [5.74, 6) is -0.0484. The number of hydrogen-bond acceptors (Lipinski definition) is 5. The second-order valence-electron chi connectivity index (χ2n) is 26.3. The van der Waals surface area contributed by atoms with Crippen LogP contribution in [0.2, 0.25) is 0 Å². The predicted molar refractivity (Wildman–Crippen MR) is 370 cm³/mol. The lowest BCUT2D eigenvalue weighted by Gasteiger charge is -2.20. The Balaban J connectivity index is 3.38. The van der Waals surface area contributed by atoms with Gasteiger partial charge in [-0.2, -0.15) is 0 Å². The van der Waals surface area contributed by atoms with E-state index < -0.39 is 12.1 Å². The fraction of sp³-hybridized carbons (Fsp3) is 0.897. The Labute approximate surface area is 525 Å². The molecule has 3 N–H and O–H groups in total. The Morgan fingerprint density at radius 1 is 0.321 bits per heavy atom. The first-order chi connectivity index (χ1) is 41.5. The summed E-state index contributed by atoms with van der Waals surface area (Å²) in [7, 11) is 0. The number of aliphatic hydroxyl groups is 2. The molecule has 0 aliphatic carbocycles. The van der Waals surface area contributed by atoms with E-state index in [0.717, 1.165) is 44.9 Å². The van der Waals surface area contributed by atoms with Gasteiger partial charge in [-0.25, -0.2) is 0 Å². The summed E-state index contributed by atoms with van der Waals surface area (Å²) in [6.07, 6.45) is 95.3. The third-order valence-corrected chi connectivity index (χ3v) is 17.9. The largest absolute Gasteiger partial charge is 0.466 e. The van der Waals surface area contributed by atoms with Crippen molar-refractivity contribution in [2.75, 3.05) is 13.2 Å². The maximum absolute atomic E-state index is 12.5. The highest BCUT2D eigenvalue weighted by Crippen LogP contribution is 2.19. The average Bonchev–Trinajstić information content (AvgIpc) is 3.51. The van der Waals surface area contributed by atoms with Gasteiger partial charge in [-0.15, -0.1) is 0 Å². The minimum atomic E-state index is -0.845. The maximum atomic E-state index is 12.5. The van der Waals surface area contributed by atoms with Crippen molar-refractivity contribution in [3.63, 3.8) is 0 Å². The molecule has 84 heavy (non-hydrogen) atoms. The summed E-state index contributed by atoms with van der Waals surface area (Å²) in [6, 6.07) is -0.628. The van der Waals surface area contributed by atoms with E-state index in [1.54, 1.807) is 6.08 Å². The second kappa shape index (κ2) is 73.5. The van der Waals surface area contributed by atoms with Gasteiger partial charge in [0.1, 0.15) is 0 Å². The predicted octanol–water partition coefficient (Wildman–Crippen LogP) is 25.0. The molecule has 0 aromatic carbocycles. The molecule has 2 atom stereocenters. The van der Waals surface area contributed by atoms with E-state index in [9.17, 15) is 19.8 Å². The molecule has 6 nitrogen and oxygen atoms in total. The number of carbonyl (C=O) groups excluding carboxylic acids is 2. The van der Waals surface area contributed by atoms with E-state index in [4.69, 9.17) is 4.74 Å². The molecule has 0 saturated heterocycles. The zero-order valence-corrected chi connectivity index (χ0v) is 56.9.